The molecular weight excluding hydrogens is 252 g/mol. The van der Waals surface area contributed by atoms with Crippen molar-refractivity contribution < 1.29 is 4.79 Å². The molecule has 1 aliphatic heterocycles. The van der Waals surface area contributed by atoms with Gasteiger partial charge in [0.2, 0.25) is 0 Å². The zero-order valence-electron chi connectivity index (χ0n) is 12.3. The fourth-order valence-electron chi connectivity index (χ4n) is 2.85. The first-order valence-corrected chi connectivity index (χ1v) is 7.33. The van der Waals surface area contributed by atoms with Crippen LogP contribution in [0, 0.1) is 11.8 Å². The van der Waals surface area contributed by atoms with Gasteiger partial charge in [-0.3, -0.25) is 15.6 Å². The highest BCUT2D eigenvalue weighted by Crippen LogP contribution is 2.26. The van der Waals surface area contributed by atoms with Crippen LogP contribution in [0.2, 0.25) is 0 Å². The molecule has 0 radical (unpaired) electrons. The molecule has 20 heavy (non-hydrogen) atoms. The maximum atomic E-state index is 12.6. The highest BCUT2D eigenvalue weighted by atomic mass is 16.2. The van der Waals surface area contributed by atoms with Gasteiger partial charge in [0.15, 0.2) is 0 Å². The molecule has 1 saturated heterocycles. The Labute approximate surface area is 120 Å². The molecular formula is C15H24N4O. The second-order valence-electron chi connectivity index (χ2n) is 5.79. The van der Waals surface area contributed by atoms with E-state index in [0.717, 1.165) is 25.9 Å². The van der Waals surface area contributed by atoms with Gasteiger partial charge in [0, 0.05) is 25.5 Å². The first-order valence-electron chi connectivity index (χ1n) is 7.33. The van der Waals surface area contributed by atoms with Gasteiger partial charge in [-0.25, -0.2) is 0 Å². The summed E-state index contributed by atoms with van der Waals surface area (Å²) in [6, 6.07) is 1.72. The van der Waals surface area contributed by atoms with Gasteiger partial charge >= 0.3 is 0 Å². The second kappa shape index (κ2) is 6.70. The number of anilines is 1. The van der Waals surface area contributed by atoms with Gasteiger partial charge in [-0.1, -0.05) is 13.8 Å². The summed E-state index contributed by atoms with van der Waals surface area (Å²) in [4.78, 5) is 18.6. The van der Waals surface area contributed by atoms with Crippen molar-refractivity contribution in [2.24, 2.45) is 17.7 Å². The molecule has 1 amide bonds. The van der Waals surface area contributed by atoms with Crippen molar-refractivity contribution in [1.29, 1.82) is 0 Å². The van der Waals surface area contributed by atoms with Crippen LogP contribution in [0.1, 0.15) is 43.5 Å². The number of carbonyl (C=O) groups is 1. The smallest absolute Gasteiger partial charge is 0.257 e. The molecule has 1 unspecified atom stereocenters. The van der Waals surface area contributed by atoms with Crippen LogP contribution in [0.4, 0.5) is 5.69 Å². The lowest BCUT2D eigenvalue weighted by molar-refractivity contribution is 0.0759. The van der Waals surface area contributed by atoms with E-state index >= 15 is 0 Å². The maximum absolute atomic E-state index is 12.6. The van der Waals surface area contributed by atoms with Crippen LogP contribution in [0.25, 0.3) is 0 Å². The van der Waals surface area contributed by atoms with Crippen LogP contribution in [-0.4, -0.2) is 28.9 Å². The summed E-state index contributed by atoms with van der Waals surface area (Å²) in [7, 11) is 0. The van der Waals surface area contributed by atoms with Gasteiger partial charge < -0.3 is 10.3 Å². The number of nitrogens with zero attached hydrogens (tertiary/aromatic N) is 2. The van der Waals surface area contributed by atoms with E-state index in [9.17, 15) is 4.79 Å². The van der Waals surface area contributed by atoms with Crippen LogP contribution in [0.15, 0.2) is 18.5 Å². The predicted octanol–water partition coefficient (Wildman–Crippen LogP) is 2.27. The minimum absolute atomic E-state index is 0.0236. The molecule has 110 valence electrons. The highest BCUT2D eigenvalue weighted by molar-refractivity contribution is 5.99. The number of nitrogen functional groups attached to an aromatic ring is 1. The third kappa shape index (κ3) is 3.28. The zero-order valence-corrected chi connectivity index (χ0v) is 12.3. The molecule has 5 heteroatoms. The van der Waals surface area contributed by atoms with Crippen LogP contribution in [0.5, 0.6) is 0 Å². The number of hydrogen-bond acceptors (Lipinski definition) is 4. The Kier molecular flexibility index (Phi) is 4.95. The third-order valence-corrected chi connectivity index (χ3v) is 4.21. The molecule has 0 aliphatic carbocycles. The number of nitrogens with two attached hydrogens (primary N) is 1. The van der Waals surface area contributed by atoms with Crippen molar-refractivity contribution >= 4 is 11.6 Å². The molecule has 1 aliphatic rings. The Morgan fingerprint density at radius 3 is 2.95 bits per heavy atom. The van der Waals surface area contributed by atoms with E-state index in [1.54, 1.807) is 18.5 Å². The summed E-state index contributed by atoms with van der Waals surface area (Å²) in [5.41, 5.74) is 3.76. The number of pyridine rings is 1. The second-order valence-corrected chi connectivity index (χ2v) is 5.79. The van der Waals surface area contributed by atoms with Gasteiger partial charge in [0.05, 0.1) is 11.3 Å². The molecule has 5 nitrogen and oxygen atoms in total. The fourth-order valence-corrected chi connectivity index (χ4v) is 2.85. The summed E-state index contributed by atoms with van der Waals surface area (Å²) >= 11 is 0. The van der Waals surface area contributed by atoms with Crippen molar-refractivity contribution in [1.82, 2.24) is 9.88 Å². The zero-order chi connectivity index (χ0) is 14.5. The quantitative estimate of drug-likeness (QED) is 0.656. The number of hydrogen-bond donors (Lipinski definition) is 2. The Bertz CT molecular complexity index is 461. The summed E-state index contributed by atoms with van der Waals surface area (Å²) in [6.07, 6.45) is 6.57. The average Bonchev–Trinajstić information content (AvgIpc) is 2.72. The van der Waals surface area contributed by atoms with E-state index in [1.165, 1.54) is 6.42 Å². The Morgan fingerprint density at radius 2 is 2.25 bits per heavy atom. The van der Waals surface area contributed by atoms with Crippen LogP contribution in [0.3, 0.4) is 0 Å². The lowest BCUT2D eigenvalue weighted by Gasteiger charge is -2.22. The van der Waals surface area contributed by atoms with Crippen molar-refractivity contribution in [2.45, 2.75) is 33.1 Å². The summed E-state index contributed by atoms with van der Waals surface area (Å²) in [6.45, 7) is 6.17. The van der Waals surface area contributed by atoms with Crippen molar-refractivity contribution in [3.05, 3.63) is 24.0 Å². The van der Waals surface area contributed by atoms with E-state index in [-0.39, 0.29) is 5.91 Å². The summed E-state index contributed by atoms with van der Waals surface area (Å²) in [5.74, 6) is 6.89. The number of carbonyl (C=O) groups excluding carboxylic acids is 1. The number of likely N-dealkylation sites (tertiary alicyclic amines) is 1. The lowest BCUT2D eigenvalue weighted by Crippen LogP contribution is -2.33. The average molecular weight is 276 g/mol. The Balaban J connectivity index is 2.09. The number of rotatable bonds is 3. The van der Waals surface area contributed by atoms with Gasteiger partial charge in [0.25, 0.3) is 5.91 Å². The Hall–Kier alpha value is -1.62. The monoisotopic (exact) mass is 276 g/mol. The standard InChI is InChI=1S/C15H24N4O/c1-11(2)12-4-3-8-19(9-6-12)15(20)13-10-17-7-5-14(13)18-16/h5,7,10-12H,3-4,6,8-9,16H2,1-2H3,(H,17,18). The lowest BCUT2D eigenvalue weighted by atomic mass is 9.89. The van der Waals surface area contributed by atoms with E-state index in [2.05, 4.69) is 24.3 Å². The fraction of sp³-hybridized carbons (Fsp3) is 0.600. The number of aromatic nitrogens is 1. The van der Waals surface area contributed by atoms with E-state index < -0.39 is 0 Å². The van der Waals surface area contributed by atoms with Gasteiger partial charge in [0.1, 0.15) is 0 Å². The Morgan fingerprint density at radius 1 is 1.45 bits per heavy atom. The highest BCUT2D eigenvalue weighted by Gasteiger charge is 2.24. The van der Waals surface area contributed by atoms with E-state index in [1.807, 2.05) is 4.90 Å². The molecule has 0 spiro atoms. The van der Waals surface area contributed by atoms with Crippen molar-refractivity contribution in [3.63, 3.8) is 0 Å². The molecule has 0 saturated carbocycles. The largest absolute Gasteiger partial charge is 0.339 e. The first-order chi connectivity index (χ1) is 9.63. The number of nitrogens with one attached hydrogen (secondary N) is 1. The van der Waals surface area contributed by atoms with Crippen LogP contribution >= 0.6 is 0 Å². The molecule has 3 N–H and O–H groups in total. The molecule has 2 rings (SSSR count). The SMILES string of the molecule is CC(C)C1CCCN(C(=O)c2cnccc2NN)CC1. The van der Waals surface area contributed by atoms with Gasteiger partial charge in [-0.05, 0) is 37.2 Å². The summed E-state index contributed by atoms with van der Waals surface area (Å²) in [5, 5.41) is 0. The normalized spacial score (nSPS) is 19.8. The molecule has 1 atom stereocenters. The van der Waals surface area contributed by atoms with Crippen LogP contribution in [-0.2, 0) is 0 Å². The van der Waals surface area contributed by atoms with Crippen LogP contribution < -0.4 is 11.3 Å². The van der Waals surface area contributed by atoms with Gasteiger partial charge in [-0.2, -0.15) is 0 Å². The first kappa shape index (κ1) is 14.8. The van der Waals surface area contributed by atoms with E-state index in [4.69, 9.17) is 5.84 Å². The van der Waals surface area contributed by atoms with Gasteiger partial charge in [-0.15, -0.1) is 0 Å². The minimum atomic E-state index is 0.0236. The molecule has 1 fully saturated rings. The minimum Gasteiger partial charge on any atom is -0.339 e. The molecule has 0 aromatic carbocycles. The number of hydrazine groups is 1. The summed E-state index contributed by atoms with van der Waals surface area (Å²) < 4.78 is 0. The molecule has 1 aromatic heterocycles. The van der Waals surface area contributed by atoms with Crippen molar-refractivity contribution in [3.8, 4) is 0 Å². The molecule has 2 heterocycles. The maximum Gasteiger partial charge on any atom is 0.257 e. The third-order valence-electron chi connectivity index (χ3n) is 4.21. The molecule has 0 bridgehead atoms. The number of amides is 1. The predicted molar refractivity (Wildman–Crippen MR) is 80.1 cm³/mol. The van der Waals surface area contributed by atoms with E-state index in [0.29, 0.717) is 23.1 Å². The topological polar surface area (TPSA) is 71.2 Å². The molecule has 1 aromatic rings. The van der Waals surface area contributed by atoms with Crippen molar-refractivity contribution in [2.75, 3.05) is 18.5 Å².